The van der Waals surface area contributed by atoms with E-state index in [0.717, 1.165) is 0 Å². The Balaban J connectivity index is 3.00. The molecule has 1 aliphatic rings. The minimum atomic E-state index is -0.435. The molecule has 0 aromatic rings. The fourth-order valence-corrected chi connectivity index (χ4v) is 0.698. The van der Waals surface area contributed by atoms with Gasteiger partial charge in [-0.1, -0.05) is 6.92 Å². The van der Waals surface area contributed by atoms with Crippen LogP contribution in [0.5, 0.6) is 0 Å². The molecule has 54 valence electrons. The van der Waals surface area contributed by atoms with Crippen molar-refractivity contribution in [2.24, 2.45) is 22.4 Å². The number of rotatable bonds is 0. The number of allylic oxidation sites excluding steroid dienone is 1. The van der Waals surface area contributed by atoms with Crippen molar-refractivity contribution in [3.8, 4) is 0 Å². The Labute approximate surface area is 58.6 Å². The lowest BCUT2D eigenvalue weighted by atomic mass is 10.1. The summed E-state index contributed by atoms with van der Waals surface area (Å²) in [5.74, 6) is -0.451. The van der Waals surface area contributed by atoms with Crippen LogP contribution in [0.4, 0.5) is 0 Å². The Bertz CT molecular complexity index is 229. The molecular formula is C6H9N3O. The van der Waals surface area contributed by atoms with E-state index >= 15 is 0 Å². The van der Waals surface area contributed by atoms with Crippen molar-refractivity contribution in [3.05, 3.63) is 11.4 Å². The van der Waals surface area contributed by atoms with E-state index in [2.05, 4.69) is 4.99 Å². The second-order valence-electron chi connectivity index (χ2n) is 2.24. The predicted molar refractivity (Wildman–Crippen MR) is 38.1 cm³/mol. The van der Waals surface area contributed by atoms with E-state index in [1.807, 2.05) is 6.92 Å². The molecule has 0 radical (unpaired) electrons. The summed E-state index contributed by atoms with van der Waals surface area (Å²) < 4.78 is 0. The monoisotopic (exact) mass is 139 g/mol. The van der Waals surface area contributed by atoms with E-state index in [0.29, 0.717) is 5.70 Å². The number of hydrogen-bond acceptors (Lipinski definition) is 3. The zero-order valence-electron chi connectivity index (χ0n) is 5.66. The highest BCUT2D eigenvalue weighted by Gasteiger charge is 2.17. The number of amides is 1. The Morgan fingerprint density at radius 2 is 2.20 bits per heavy atom. The largest absolute Gasteiger partial charge is 0.400 e. The lowest BCUT2D eigenvalue weighted by Crippen LogP contribution is -2.26. The van der Waals surface area contributed by atoms with E-state index in [-0.39, 0.29) is 11.6 Å². The van der Waals surface area contributed by atoms with Crippen LogP contribution < -0.4 is 11.5 Å². The number of carbonyl (C=O) groups is 1. The molecule has 0 aromatic carbocycles. The quantitative estimate of drug-likeness (QED) is 0.468. The standard InChI is InChI=1S/C6H9N3O/c1-3-2-9-6(10)5(8)4(3)7/h2-3H,7-8H2,1H3/t3-/m1/s1. The van der Waals surface area contributed by atoms with Gasteiger partial charge >= 0.3 is 0 Å². The summed E-state index contributed by atoms with van der Waals surface area (Å²) in [7, 11) is 0. The van der Waals surface area contributed by atoms with Gasteiger partial charge in [-0.05, 0) is 0 Å². The highest BCUT2D eigenvalue weighted by molar-refractivity contribution is 6.01. The minimum absolute atomic E-state index is 0.0160. The fourth-order valence-electron chi connectivity index (χ4n) is 0.698. The van der Waals surface area contributed by atoms with Gasteiger partial charge in [-0.3, -0.25) is 4.79 Å². The maximum Gasteiger partial charge on any atom is 0.294 e. The molecule has 4 nitrogen and oxygen atoms in total. The van der Waals surface area contributed by atoms with E-state index in [1.165, 1.54) is 6.21 Å². The van der Waals surface area contributed by atoms with Crippen molar-refractivity contribution < 1.29 is 4.79 Å². The molecule has 10 heavy (non-hydrogen) atoms. The third kappa shape index (κ3) is 0.877. The molecule has 4 heteroatoms. The van der Waals surface area contributed by atoms with E-state index < -0.39 is 5.91 Å². The Morgan fingerprint density at radius 1 is 1.60 bits per heavy atom. The van der Waals surface area contributed by atoms with E-state index in [4.69, 9.17) is 11.5 Å². The molecule has 1 heterocycles. The van der Waals surface area contributed by atoms with Crippen LogP contribution in [0.15, 0.2) is 16.4 Å². The van der Waals surface area contributed by atoms with E-state index in [1.54, 1.807) is 0 Å². The Morgan fingerprint density at radius 3 is 2.70 bits per heavy atom. The smallest absolute Gasteiger partial charge is 0.294 e. The molecule has 0 aromatic heterocycles. The highest BCUT2D eigenvalue weighted by Crippen LogP contribution is 2.09. The first-order valence-corrected chi connectivity index (χ1v) is 2.96. The molecule has 0 spiro atoms. The molecule has 1 amide bonds. The summed E-state index contributed by atoms with van der Waals surface area (Å²) in [6, 6.07) is 0. The summed E-state index contributed by atoms with van der Waals surface area (Å²) in [6.07, 6.45) is 1.49. The molecular weight excluding hydrogens is 130 g/mol. The first-order valence-electron chi connectivity index (χ1n) is 2.96. The van der Waals surface area contributed by atoms with Gasteiger partial charge in [0, 0.05) is 17.8 Å². The first kappa shape index (κ1) is 6.80. The number of dihydropyridines is 1. The summed E-state index contributed by atoms with van der Waals surface area (Å²) >= 11 is 0. The Hall–Kier alpha value is -1.32. The molecule has 0 saturated heterocycles. The maximum absolute atomic E-state index is 10.7. The van der Waals surface area contributed by atoms with Crippen LogP contribution in [-0.2, 0) is 4.79 Å². The molecule has 0 bridgehead atoms. The average Bonchev–Trinajstić information content (AvgIpc) is 1.93. The average molecular weight is 139 g/mol. The molecule has 0 saturated carbocycles. The van der Waals surface area contributed by atoms with Gasteiger partial charge in [-0.25, -0.2) is 4.99 Å². The SMILES string of the molecule is C[C@@H]1C=NC(=O)C(N)=C1N. The molecule has 1 rings (SSSR count). The number of hydrogen-bond donors (Lipinski definition) is 2. The predicted octanol–water partition coefficient (Wildman–Crippen LogP) is -0.637. The van der Waals surface area contributed by atoms with Crippen LogP contribution in [0.2, 0.25) is 0 Å². The zero-order valence-corrected chi connectivity index (χ0v) is 5.66. The van der Waals surface area contributed by atoms with Gasteiger partial charge in [0.05, 0.1) is 0 Å². The van der Waals surface area contributed by atoms with E-state index in [9.17, 15) is 4.79 Å². The number of carbonyl (C=O) groups excluding carboxylic acids is 1. The lowest BCUT2D eigenvalue weighted by Gasteiger charge is -2.12. The third-order valence-corrected chi connectivity index (χ3v) is 1.45. The van der Waals surface area contributed by atoms with Gasteiger partial charge in [-0.2, -0.15) is 0 Å². The van der Waals surface area contributed by atoms with Crippen molar-refractivity contribution in [2.45, 2.75) is 6.92 Å². The summed E-state index contributed by atoms with van der Waals surface area (Å²) in [6.45, 7) is 1.83. The molecule has 4 N–H and O–H groups in total. The van der Waals surface area contributed by atoms with Crippen molar-refractivity contribution in [1.82, 2.24) is 0 Å². The van der Waals surface area contributed by atoms with Gasteiger partial charge < -0.3 is 11.5 Å². The van der Waals surface area contributed by atoms with Crippen LogP contribution >= 0.6 is 0 Å². The molecule has 1 aliphatic heterocycles. The normalized spacial score (nSPS) is 25.7. The van der Waals surface area contributed by atoms with Gasteiger partial charge in [0.2, 0.25) is 0 Å². The van der Waals surface area contributed by atoms with Crippen molar-refractivity contribution in [3.63, 3.8) is 0 Å². The second-order valence-corrected chi connectivity index (χ2v) is 2.24. The van der Waals surface area contributed by atoms with Crippen LogP contribution in [-0.4, -0.2) is 12.1 Å². The van der Waals surface area contributed by atoms with Crippen molar-refractivity contribution >= 4 is 12.1 Å². The van der Waals surface area contributed by atoms with Gasteiger partial charge in [-0.15, -0.1) is 0 Å². The maximum atomic E-state index is 10.7. The number of nitrogens with zero attached hydrogens (tertiary/aromatic N) is 1. The summed E-state index contributed by atoms with van der Waals surface area (Å²) in [5.41, 5.74) is 11.3. The molecule has 0 unspecified atom stereocenters. The second kappa shape index (κ2) is 2.13. The summed E-state index contributed by atoms with van der Waals surface area (Å²) in [5, 5.41) is 0. The molecule has 0 fully saturated rings. The van der Waals surface area contributed by atoms with Crippen molar-refractivity contribution in [1.29, 1.82) is 0 Å². The third-order valence-electron chi connectivity index (χ3n) is 1.45. The van der Waals surface area contributed by atoms with Gasteiger partial charge in [0.1, 0.15) is 5.70 Å². The van der Waals surface area contributed by atoms with Crippen LogP contribution in [0.1, 0.15) is 6.92 Å². The topological polar surface area (TPSA) is 81.5 Å². The minimum Gasteiger partial charge on any atom is -0.400 e. The van der Waals surface area contributed by atoms with Gasteiger partial charge in [0.25, 0.3) is 5.91 Å². The van der Waals surface area contributed by atoms with Crippen molar-refractivity contribution in [2.75, 3.05) is 0 Å². The van der Waals surface area contributed by atoms with Crippen LogP contribution in [0.3, 0.4) is 0 Å². The number of nitrogens with two attached hydrogens (primary N) is 2. The van der Waals surface area contributed by atoms with Crippen LogP contribution in [0, 0.1) is 5.92 Å². The molecule has 0 aliphatic carbocycles. The Kier molecular flexibility index (Phi) is 1.45. The lowest BCUT2D eigenvalue weighted by molar-refractivity contribution is -0.114. The zero-order chi connectivity index (χ0) is 7.72. The fraction of sp³-hybridized carbons (Fsp3) is 0.333. The molecule has 1 atom stereocenters. The summed E-state index contributed by atoms with van der Waals surface area (Å²) in [4.78, 5) is 14.2. The van der Waals surface area contributed by atoms with Crippen LogP contribution in [0.25, 0.3) is 0 Å². The first-order chi connectivity index (χ1) is 4.63. The highest BCUT2D eigenvalue weighted by atomic mass is 16.1. The number of aliphatic imine (C=N–C) groups is 1. The van der Waals surface area contributed by atoms with Gasteiger partial charge in [0.15, 0.2) is 0 Å².